The molecule has 2 heterocycles. The molecule has 2 nitrogen and oxygen atoms in total. The quantitative estimate of drug-likeness (QED) is 0.156. The van der Waals surface area contributed by atoms with E-state index in [2.05, 4.69) is 223 Å². The fourth-order valence-corrected chi connectivity index (χ4v) is 10.1. The van der Waals surface area contributed by atoms with Gasteiger partial charge >= 0.3 is 0 Å². The summed E-state index contributed by atoms with van der Waals surface area (Å²) in [6.07, 6.45) is 0. The number of thiophene rings is 1. The van der Waals surface area contributed by atoms with E-state index >= 15 is 0 Å². The van der Waals surface area contributed by atoms with Crippen LogP contribution in [0.3, 0.4) is 0 Å². The van der Waals surface area contributed by atoms with Gasteiger partial charge < -0.3 is 4.90 Å². The fraction of sp³-hybridized carbons (Fsp3) is 0. The lowest BCUT2D eigenvalue weighted by Gasteiger charge is -2.26. The minimum Gasteiger partial charge on any atom is -0.311 e. The van der Waals surface area contributed by atoms with E-state index in [1.54, 1.807) is 11.3 Å². The van der Waals surface area contributed by atoms with Crippen LogP contribution in [0.1, 0.15) is 0 Å². The molecule has 60 heavy (non-hydrogen) atoms. The zero-order chi connectivity index (χ0) is 39.6. The first-order valence-electron chi connectivity index (χ1n) is 20.4. The molecule has 12 rings (SSSR count). The van der Waals surface area contributed by atoms with Crippen LogP contribution < -0.4 is 4.90 Å². The normalized spacial score (nSPS) is 11.7. The number of rotatable bonds is 6. The first-order chi connectivity index (χ1) is 29.7. The summed E-state index contributed by atoms with van der Waals surface area (Å²) >= 11 is 1.75. The summed E-state index contributed by atoms with van der Waals surface area (Å²) in [4.78, 5) is 8.54. The Morgan fingerprint density at radius 2 is 0.717 bits per heavy atom. The third-order valence-corrected chi connectivity index (χ3v) is 13.2. The molecule has 0 saturated heterocycles. The molecule has 280 valence electrons. The van der Waals surface area contributed by atoms with Crippen LogP contribution in [0.5, 0.6) is 0 Å². The van der Waals surface area contributed by atoms with E-state index < -0.39 is 0 Å². The van der Waals surface area contributed by atoms with Gasteiger partial charge in [-0.05, 0) is 132 Å². The van der Waals surface area contributed by atoms with Crippen molar-refractivity contribution in [3.63, 3.8) is 0 Å². The Labute approximate surface area is 351 Å². The van der Waals surface area contributed by atoms with Crippen LogP contribution in [0.15, 0.2) is 218 Å². The van der Waals surface area contributed by atoms with Gasteiger partial charge in [-0.25, -0.2) is 4.98 Å². The summed E-state index contributed by atoms with van der Waals surface area (Å²) in [7, 11) is 0. The highest BCUT2D eigenvalue weighted by atomic mass is 32.1. The minimum atomic E-state index is 0.979. The van der Waals surface area contributed by atoms with E-state index in [1.807, 2.05) is 0 Å². The number of benzene rings is 10. The first-order valence-corrected chi connectivity index (χ1v) is 21.2. The molecule has 0 unspecified atom stereocenters. The standard InChI is InChI=1S/C57H36N2S/c1-3-9-49-39(7-1)13-15-44-35-42(23-31-51(44)49)37-17-25-46(26-18-37)59(48-29-21-41(22-30-48)55-34-33-54-53-11-5-6-12-56(53)60-57(54)58-55)47-27-19-38(20-28-47)43-24-32-52-45(36-43)16-14-40-8-2-4-10-50(40)52/h1-36H. The topological polar surface area (TPSA) is 16.1 Å². The molecule has 3 heteroatoms. The number of aromatic nitrogens is 1. The van der Waals surface area contributed by atoms with Gasteiger partial charge in [0, 0.05) is 38.1 Å². The number of anilines is 3. The minimum absolute atomic E-state index is 0.979. The van der Waals surface area contributed by atoms with Crippen LogP contribution in [-0.2, 0) is 0 Å². The van der Waals surface area contributed by atoms with Crippen molar-refractivity contribution < 1.29 is 0 Å². The highest BCUT2D eigenvalue weighted by Crippen LogP contribution is 2.40. The van der Waals surface area contributed by atoms with Crippen molar-refractivity contribution in [1.29, 1.82) is 0 Å². The Morgan fingerprint density at radius 1 is 0.300 bits per heavy atom. The van der Waals surface area contributed by atoms with Crippen LogP contribution in [0.25, 0.3) is 96.9 Å². The molecular formula is C57H36N2S. The van der Waals surface area contributed by atoms with Gasteiger partial charge in [0.2, 0.25) is 0 Å². The third-order valence-electron chi connectivity index (χ3n) is 12.1. The summed E-state index contributed by atoms with van der Waals surface area (Å²) < 4.78 is 1.27. The van der Waals surface area contributed by atoms with Crippen LogP contribution in [-0.4, -0.2) is 4.98 Å². The van der Waals surface area contributed by atoms with E-state index in [-0.39, 0.29) is 0 Å². The van der Waals surface area contributed by atoms with Gasteiger partial charge in [-0.15, -0.1) is 11.3 Å². The lowest BCUT2D eigenvalue weighted by Crippen LogP contribution is -2.09. The van der Waals surface area contributed by atoms with Gasteiger partial charge in [-0.1, -0.05) is 152 Å². The number of pyridine rings is 1. The van der Waals surface area contributed by atoms with Crippen molar-refractivity contribution in [3.05, 3.63) is 218 Å². The van der Waals surface area contributed by atoms with Crippen LogP contribution in [0, 0.1) is 0 Å². The zero-order valence-electron chi connectivity index (χ0n) is 32.6. The molecule has 0 aliphatic heterocycles. The summed E-state index contributed by atoms with van der Waals surface area (Å²) in [5, 5.41) is 12.6. The Balaban J connectivity index is 0.908. The van der Waals surface area contributed by atoms with Gasteiger partial charge in [-0.2, -0.15) is 0 Å². The molecule has 0 amide bonds. The Bertz CT molecular complexity index is 3420. The molecule has 0 radical (unpaired) electrons. The van der Waals surface area contributed by atoms with Gasteiger partial charge in [0.25, 0.3) is 0 Å². The van der Waals surface area contributed by atoms with Gasteiger partial charge in [0.05, 0.1) is 5.69 Å². The average Bonchev–Trinajstić information content (AvgIpc) is 3.70. The number of hydrogen-bond donors (Lipinski definition) is 0. The van der Waals surface area contributed by atoms with Crippen molar-refractivity contribution in [1.82, 2.24) is 4.98 Å². The van der Waals surface area contributed by atoms with Gasteiger partial charge in [0.1, 0.15) is 4.83 Å². The molecule has 0 aliphatic carbocycles. The lowest BCUT2D eigenvalue weighted by molar-refractivity contribution is 1.28. The third kappa shape index (κ3) is 5.90. The van der Waals surface area contributed by atoms with Crippen molar-refractivity contribution in [2.45, 2.75) is 0 Å². The maximum Gasteiger partial charge on any atom is 0.125 e. The maximum atomic E-state index is 5.12. The van der Waals surface area contributed by atoms with Crippen LogP contribution in [0.2, 0.25) is 0 Å². The van der Waals surface area contributed by atoms with Gasteiger partial charge in [0.15, 0.2) is 0 Å². The fourth-order valence-electron chi connectivity index (χ4n) is 8.99. The van der Waals surface area contributed by atoms with Crippen molar-refractivity contribution in [2.24, 2.45) is 0 Å². The molecule has 0 saturated carbocycles. The molecule has 12 aromatic rings. The molecule has 0 N–H and O–H groups in total. The maximum absolute atomic E-state index is 5.12. The molecule has 0 spiro atoms. The second-order valence-electron chi connectivity index (χ2n) is 15.6. The number of fused-ring (bicyclic) bond motifs is 9. The average molecular weight is 781 g/mol. The Morgan fingerprint density at radius 3 is 1.27 bits per heavy atom. The van der Waals surface area contributed by atoms with Crippen LogP contribution >= 0.6 is 11.3 Å². The van der Waals surface area contributed by atoms with E-state index in [0.717, 1.165) is 33.1 Å². The molecule has 2 aromatic heterocycles. The zero-order valence-corrected chi connectivity index (χ0v) is 33.4. The summed E-state index contributed by atoms with van der Waals surface area (Å²) in [5.41, 5.74) is 10.1. The molecule has 0 fully saturated rings. The second kappa shape index (κ2) is 14.1. The summed E-state index contributed by atoms with van der Waals surface area (Å²) in [5.74, 6) is 0. The predicted molar refractivity (Wildman–Crippen MR) is 258 cm³/mol. The Hall–Kier alpha value is -7.59. The number of nitrogens with zero attached hydrogens (tertiary/aromatic N) is 2. The van der Waals surface area contributed by atoms with Crippen molar-refractivity contribution >= 4 is 91.8 Å². The van der Waals surface area contributed by atoms with Crippen molar-refractivity contribution in [2.75, 3.05) is 4.90 Å². The molecule has 0 aliphatic rings. The first kappa shape index (κ1) is 34.5. The summed E-state index contributed by atoms with van der Waals surface area (Å²) in [6, 6.07) is 79.5. The lowest BCUT2D eigenvalue weighted by atomic mass is 9.97. The van der Waals surface area contributed by atoms with E-state index in [9.17, 15) is 0 Å². The highest BCUT2D eigenvalue weighted by Gasteiger charge is 2.15. The smallest absolute Gasteiger partial charge is 0.125 e. The molecule has 0 atom stereocenters. The highest BCUT2D eigenvalue weighted by molar-refractivity contribution is 7.25. The number of hydrogen-bond acceptors (Lipinski definition) is 3. The van der Waals surface area contributed by atoms with E-state index in [4.69, 9.17) is 4.98 Å². The van der Waals surface area contributed by atoms with E-state index in [0.29, 0.717) is 0 Å². The van der Waals surface area contributed by atoms with Gasteiger partial charge in [-0.3, -0.25) is 0 Å². The summed E-state index contributed by atoms with van der Waals surface area (Å²) in [6.45, 7) is 0. The SMILES string of the molecule is c1ccc2c(c1)ccc1cc(-c3ccc(N(c4ccc(-c5ccc6c(ccc7ccccc76)c5)cc4)c4ccc(-c5ccc6c(n5)sc5ccccc56)cc4)cc3)ccc12. The molecule has 0 bridgehead atoms. The second-order valence-corrected chi connectivity index (χ2v) is 16.6. The molecular weight excluding hydrogens is 745 g/mol. The van der Waals surface area contributed by atoms with Crippen molar-refractivity contribution in [3.8, 4) is 33.5 Å². The van der Waals surface area contributed by atoms with Crippen LogP contribution in [0.4, 0.5) is 17.1 Å². The Kier molecular flexibility index (Phi) is 8.07. The monoisotopic (exact) mass is 780 g/mol. The largest absolute Gasteiger partial charge is 0.311 e. The van der Waals surface area contributed by atoms with E-state index in [1.165, 1.54) is 80.8 Å². The predicted octanol–water partition coefficient (Wildman–Crippen LogP) is 16.5. The molecule has 10 aromatic carbocycles.